The summed E-state index contributed by atoms with van der Waals surface area (Å²) in [5.74, 6) is 1.22. The summed E-state index contributed by atoms with van der Waals surface area (Å²) in [5, 5.41) is 4.41. The van der Waals surface area contributed by atoms with Crippen LogP contribution in [0, 0.1) is 5.92 Å². The first-order valence-corrected chi connectivity index (χ1v) is 6.98. The highest BCUT2D eigenvalue weighted by atomic mass is 35.5. The standard InChI is InChI=1S/C15H24ClN/c1-4-9-17-11-13(10-12(2)3)14-7-5-6-8-15(14)16/h5-8,12-13,17H,4,9-11H2,1-3H3. The van der Waals surface area contributed by atoms with Crippen LogP contribution in [0.4, 0.5) is 0 Å². The summed E-state index contributed by atoms with van der Waals surface area (Å²) >= 11 is 6.29. The Bertz CT molecular complexity index is 322. The van der Waals surface area contributed by atoms with E-state index in [2.05, 4.69) is 38.2 Å². The molecule has 0 bridgehead atoms. The van der Waals surface area contributed by atoms with E-state index in [1.165, 1.54) is 18.4 Å². The van der Waals surface area contributed by atoms with Crippen molar-refractivity contribution in [2.75, 3.05) is 13.1 Å². The van der Waals surface area contributed by atoms with Crippen LogP contribution < -0.4 is 5.32 Å². The van der Waals surface area contributed by atoms with Crippen molar-refractivity contribution in [3.05, 3.63) is 34.9 Å². The lowest BCUT2D eigenvalue weighted by molar-refractivity contribution is 0.470. The molecule has 1 rings (SSSR count). The fourth-order valence-electron chi connectivity index (χ4n) is 2.15. The second-order valence-electron chi connectivity index (χ2n) is 5.05. The Kier molecular flexibility index (Phi) is 6.61. The molecule has 0 amide bonds. The molecule has 0 aromatic heterocycles. The quantitative estimate of drug-likeness (QED) is 0.707. The van der Waals surface area contributed by atoms with Crippen LogP contribution in [0.5, 0.6) is 0 Å². The van der Waals surface area contributed by atoms with Crippen LogP contribution in [-0.2, 0) is 0 Å². The van der Waals surface area contributed by atoms with Crippen LogP contribution in [0.2, 0.25) is 5.02 Å². The first-order chi connectivity index (χ1) is 8.15. The van der Waals surface area contributed by atoms with Crippen molar-refractivity contribution in [3.63, 3.8) is 0 Å². The largest absolute Gasteiger partial charge is 0.316 e. The molecular formula is C15H24ClN. The maximum Gasteiger partial charge on any atom is 0.0441 e. The van der Waals surface area contributed by atoms with Crippen molar-refractivity contribution in [2.45, 2.75) is 39.5 Å². The number of hydrogen-bond acceptors (Lipinski definition) is 1. The zero-order chi connectivity index (χ0) is 12.7. The fourth-order valence-corrected chi connectivity index (χ4v) is 2.44. The van der Waals surface area contributed by atoms with E-state index in [1.807, 2.05) is 12.1 Å². The van der Waals surface area contributed by atoms with E-state index in [4.69, 9.17) is 11.6 Å². The molecule has 0 radical (unpaired) electrons. The van der Waals surface area contributed by atoms with E-state index >= 15 is 0 Å². The Labute approximate surface area is 111 Å². The maximum absolute atomic E-state index is 6.29. The smallest absolute Gasteiger partial charge is 0.0441 e. The normalized spacial score (nSPS) is 13.0. The van der Waals surface area contributed by atoms with Gasteiger partial charge in [-0.15, -0.1) is 0 Å². The van der Waals surface area contributed by atoms with Gasteiger partial charge in [-0.1, -0.05) is 50.6 Å². The number of nitrogens with one attached hydrogen (secondary N) is 1. The highest BCUT2D eigenvalue weighted by Crippen LogP contribution is 2.28. The third-order valence-electron chi connectivity index (χ3n) is 2.92. The van der Waals surface area contributed by atoms with Gasteiger partial charge in [0, 0.05) is 11.6 Å². The third-order valence-corrected chi connectivity index (χ3v) is 3.26. The van der Waals surface area contributed by atoms with E-state index in [9.17, 15) is 0 Å². The minimum absolute atomic E-state index is 0.523. The Balaban J connectivity index is 2.71. The van der Waals surface area contributed by atoms with E-state index in [0.29, 0.717) is 11.8 Å². The first-order valence-electron chi connectivity index (χ1n) is 6.60. The van der Waals surface area contributed by atoms with Gasteiger partial charge in [0.15, 0.2) is 0 Å². The van der Waals surface area contributed by atoms with Gasteiger partial charge in [-0.25, -0.2) is 0 Å². The highest BCUT2D eigenvalue weighted by molar-refractivity contribution is 6.31. The summed E-state index contributed by atoms with van der Waals surface area (Å²) in [6.45, 7) is 8.84. The second-order valence-corrected chi connectivity index (χ2v) is 5.46. The fraction of sp³-hybridized carbons (Fsp3) is 0.600. The molecule has 0 aliphatic rings. The Morgan fingerprint density at radius 2 is 1.94 bits per heavy atom. The topological polar surface area (TPSA) is 12.0 Å². The minimum Gasteiger partial charge on any atom is -0.316 e. The number of hydrogen-bond donors (Lipinski definition) is 1. The lowest BCUT2D eigenvalue weighted by Crippen LogP contribution is -2.23. The molecule has 96 valence electrons. The zero-order valence-corrected chi connectivity index (χ0v) is 11.9. The van der Waals surface area contributed by atoms with E-state index in [1.54, 1.807) is 0 Å². The van der Waals surface area contributed by atoms with Crippen molar-refractivity contribution < 1.29 is 0 Å². The summed E-state index contributed by atoms with van der Waals surface area (Å²) < 4.78 is 0. The van der Waals surface area contributed by atoms with Crippen molar-refractivity contribution in [1.29, 1.82) is 0 Å². The van der Waals surface area contributed by atoms with Gasteiger partial charge >= 0.3 is 0 Å². The van der Waals surface area contributed by atoms with E-state index in [-0.39, 0.29) is 0 Å². The summed E-state index contributed by atoms with van der Waals surface area (Å²) in [4.78, 5) is 0. The molecule has 1 aromatic carbocycles. The highest BCUT2D eigenvalue weighted by Gasteiger charge is 2.15. The number of rotatable bonds is 7. The molecule has 2 heteroatoms. The van der Waals surface area contributed by atoms with Gasteiger partial charge in [0.1, 0.15) is 0 Å². The van der Waals surface area contributed by atoms with Crippen molar-refractivity contribution in [2.24, 2.45) is 5.92 Å². The zero-order valence-electron chi connectivity index (χ0n) is 11.2. The van der Waals surface area contributed by atoms with E-state index in [0.717, 1.165) is 18.1 Å². The molecule has 17 heavy (non-hydrogen) atoms. The van der Waals surface area contributed by atoms with Gasteiger partial charge in [0.05, 0.1) is 0 Å². The molecule has 1 aromatic rings. The monoisotopic (exact) mass is 253 g/mol. The second kappa shape index (κ2) is 7.73. The lowest BCUT2D eigenvalue weighted by atomic mass is 9.90. The van der Waals surface area contributed by atoms with Crippen LogP contribution in [0.1, 0.15) is 45.1 Å². The van der Waals surface area contributed by atoms with Crippen LogP contribution in [0.25, 0.3) is 0 Å². The van der Waals surface area contributed by atoms with Gasteiger partial charge in [0.25, 0.3) is 0 Å². The van der Waals surface area contributed by atoms with Gasteiger partial charge in [-0.05, 0) is 42.9 Å². The lowest BCUT2D eigenvalue weighted by Gasteiger charge is -2.21. The molecule has 1 unspecified atom stereocenters. The Morgan fingerprint density at radius 3 is 2.53 bits per heavy atom. The summed E-state index contributed by atoms with van der Waals surface area (Å²) in [6.07, 6.45) is 2.36. The van der Waals surface area contributed by atoms with Gasteiger partial charge in [-0.2, -0.15) is 0 Å². The van der Waals surface area contributed by atoms with Crippen LogP contribution in [-0.4, -0.2) is 13.1 Å². The van der Waals surface area contributed by atoms with Gasteiger partial charge in [0.2, 0.25) is 0 Å². The average molecular weight is 254 g/mol. The SMILES string of the molecule is CCCNCC(CC(C)C)c1ccccc1Cl. The molecule has 0 spiro atoms. The summed E-state index contributed by atoms with van der Waals surface area (Å²) in [5.41, 5.74) is 1.28. The number of benzene rings is 1. The van der Waals surface area contributed by atoms with Crippen LogP contribution in [0.3, 0.4) is 0 Å². The van der Waals surface area contributed by atoms with Gasteiger partial charge in [-0.3, -0.25) is 0 Å². The van der Waals surface area contributed by atoms with Crippen molar-refractivity contribution >= 4 is 11.6 Å². The van der Waals surface area contributed by atoms with Crippen molar-refractivity contribution in [3.8, 4) is 0 Å². The van der Waals surface area contributed by atoms with Gasteiger partial charge < -0.3 is 5.32 Å². The molecule has 0 saturated carbocycles. The molecule has 1 atom stereocenters. The first kappa shape index (κ1) is 14.5. The Morgan fingerprint density at radius 1 is 1.24 bits per heavy atom. The Hall–Kier alpha value is -0.530. The third kappa shape index (κ3) is 5.10. The molecule has 0 fully saturated rings. The summed E-state index contributed by atoms with van der Waals surface area (Å²) in [7, 11) is 0. The minimum atomic E-state index is 0.523. The molecule has 0 saturated heterocycles. The van der Waals surface area contributed by atoms with E-state index < -0.39 is 0 Å². The number of halogens is 1. The maximum atomic E-state index is 6.29. The van der Waals surface area contributed by atoms with Crippen molar-refractivity contribution in [1.82, 2.24) is 5.32 Å². The van der Waals surface area contributed by atoms with Crippen LogP contribution >= 0.6 is 11.6 Å². The van der Waals surface area contributed by atoms with Crippen LogP contribution in [0.15, 0.2) is 24.3 Å². The molecule has 0 heterocycles. The molecule has 1 nitrogen and oxygen atoms in total. The molecule has 0 aliphatic heterocycles. The molecular weight excluding hydrogens is 230 g/mol. The average Bonchev–Trinajstić information content (AvgIpc) is 2.28. The molecule has 0 aliphatic carbocycles. The molecule has 1 N–H and O–H groups in total. The predicted molar refractivity (Wildman–Crippen MR) is 76.8 cm³/mol. The summed E-state index contributed by atoms with van der Waals surface area (Å²) in [6, 6.07) is 8.22. The predicted octanol–water partition coefficient (Wildman–Crippen LogP) is 4.47.